The minimum absolute atomic E-state index is 0.0687. The number of halogens is 3. The zero-order valence-corrected chi connectivity index (χ0v) is 13.3. The van der Waals surface area contributed by atoms with Crippen molar-refractivity contribution in [3.63, 3.8) is 0 Å². The predicted molar refractivity (Wildman–Crippen MR) is 82.2 cm³/mol. The van der Waals surface area contributed by atoms with E-state index in [0.29, 0.717) is 11.5 Å². The molecule has 2 aromatic rings. The molecule has 1 N–H and O–H groups in total. The van der Waals surface area contributed by atoms with Crippen LogP contribution in [0.1, 0.15) is 5.56 Å². The summed E-state index contributed by atoms with van der Waals surface area (Å²) in [5.41, 5.74) is -0.758. The van der Waals surface area contributed by atoms with Crippen molar-refractivity contribution in [1.82, 2.24) is 0 Å². The van der Waals surface area contributed by atoms with E-state index in [1.807, 2.05) is 0 Å². The van der Waals surface area contributed by atoms with Crippen molar-refractivity contribution in [1.29, 1.82) is 0 Å². The molecule has 0 aromatic heterocycles. The van der Waals surface area contributed by atoms with Gasteiger partial charge in [-0.1, -0.05) is 6.07 Å². The molecule has 0 heterocycles. The van der Waals surface area contributed by atoms with E-state index in [2.05, 4.69) is 5.09 Å². The van der Waals surface area contributed by atoms with Gasteiger partial charge in [0, 0.05) is 12.4 Å². The zero-order valence-electron chi connectivity index (χ0n) is 12.4. The van der Waals surface area contributed by atoms with E-state index in [-0.39, 0.29) is 5.69 Å². The molecule has 0 aliphatic rings. The number of nitrogens with one attached hydrogen (secondary N) is 1. The first-order valence-corrected chi connectivity index (χ1v) is 8.63. The molecule has 2 aromatic carbocycles. The van der Waals surface area contributed by atoms with Gasteiger partial charge in [-0.25, -0.2) is 0 Å². The molecule has 23 heavy (non-hydrogen) atoms. The molecule has 1 unspecified atom stereocenters. The summed E-state index contributed by atoms with van der Waals surface area (Å²) in [4.78, 5) is 0. The number of hydrogen-bond acceptors (Lipinski definition) is 3. The van der Waals surface area contributed by atoms with E-state index in [4.69, 9.17) is 9.26 Å². The molecule has 0 aliphatic carbocycles. The largest absolute Gasteiger partial charge is 0.497 e. The summed E-state index contributed by atoms with van der Waals surface area (Å²) in [5, 5.41) is 2.51. The smallest absolute Gasteiger partial charge is 0.416 e. The Morgan fingerprint density at radius 3 is 2.22 bits per heavy atom. The quantitative estimate of drug-likeness (QED) is 0.773. The minimum atomic E-state index is -4.47. The Bertz CT molecular complexity index is 717. The maximum atomic E-state index is 12.7. The van der Waals surface area contributed by atoms with Crippen molar-refractivity contribution in [2.75, 3.05) is 18.9 Å². The Labute approximate surface area is 131 Å². The van der Waals surface area contributed by atoms with Crippen LogP contribution in [0.5, 0.6) is 11.5 Å². The summed E-state index contributed by atoms with van der Waals surface area (Å²) >= 11 is 0. The van der Waals surface area contributed by atoms with Crippen LogP contribution in [0.25, 0.3) is 0 Å². The Balaban J connectivity index is 2.12. The van der Waals surface area contributed by atoms with Gasteiger partial charge in [0.2, 0.25) is 0 Å². The summed E-state index contributed by atoms with van der Waals surface area (Å²) in [6.07, 6.45) is -4.47. The van der Waals surface area contributed by atoms with Crippen LogP contribution < -0.4 is 14.3 Å². The lowest BCUT2D eigenvalue weighted by atomic mass is 10.2. The van der Waals surface area contributed by atoms with Crippen molar-refractivity contribution >= 4 is 13.2 Å². The van der Waals surface area contributed by atoms with Crippen molar-refractivity contribution in [3.8, 4) is 11.5 Å². The number of hydrogen-bond donors (Lipinski definition) is 1. The first-order valence-electron chi connectivity index (χ1n) is 6.56. The molecule has 124 valence electrons. The van der Waals surface area contributed by atoms with E-state index in [9.17, 15) is 17.7 Å². The fourth-order valence-electron chi connectivity index (χ4n) is 1.86. The predicted octanol–water partition coefficient (Wildman–Crippen LogP) is 5.03. The minimum Gasteiger partial charge on any atom is -0.497 e. The van der Waals surface area contributed by atoms with Gasteiger partial charge in [-0.3, -0.25) is 4.57 Å². The van der Waals surface area contributed by atoms with E-state index in [1.54, 1.807) is 24.3 Å². The highest BCUT2D eigenvalue weighted by atomic mass is 31.2. The second-order valence-electron chi connectivity index (χ2n) is 4.80. The Morgan fingerprint density at radius 1 is 1.04 bits per heavy atom. The zero-order chi connectivity index (χ0) is 17.1. The molecule has 0 spiro atoms. The lowest BCUT2D eigenvalue weighted by Gasteiger charge is -2.18. The van der Waals surface area contributed by atoms with Crippen LogP contribution in [0.4, 0.5) is 18.9 Å². The molecule has 0 fully saturated rings. The van der Waals surface area contributed by atoms with E-state index in [0.717, 1.165) is 12.1 Å². The van der Waals surface area contributed by atoms with Gasteiger partial charge in [0.25, 0.3) is 0 Å². The van der Waals surface area contributed by atoms with Crippen LogP contribution in [0, 0.1) is 0 Å². The molecule has 0 radical (unpaired) electrons. The lowest BCUT2D eigenvalue weighted by Crippen LogP contribution is -2.07. The fraction of sp³-hybridized carbons (Fsp3) is 0.200. The standard InChI is InChI=1S/C15H15F3NO3P/c1-21-13-6-8-14(9-7-13)22-23(2,20)19-12-5-3-4-11(10-12)15(16,17)18/h3-10H,1-2H3,(H,19,20). The molecule has 0 bridgehead atoms. The molecule has 0 saturated carbocycles. The monoisotopic (exact) mass is 345 g/mol. The lowest BCUT2D eigenvalue weighted by molar-refractivity contribution is -0.137. The van der Waals surface area contributed by atoms with Crippen LogP contribution in [0.15, 0.2) is 48.5 Å². The molecule has 1 atom stereocenters. The number of ether oxygens (including phenoxy) is 1. The Morgan fingerprint density at radius 2 is 1.65 bits per heavy atom. The number of anilines is 1. The van der Waals surface area contributed by atoms with Gasteiger partial charge in [0.15, 0.2) is 0 Å². The SMILES string of the molecule is COc1ccc(OP(C)(=O)Nc2cccc(C(F)(F)F)c2)cc1. The van der Waals surface area contributed by atoms with Crippen LogP contribution in [0.2, 0.25) is 0 Å². The van der Waals surface area contributed by atoms with Gasteiger partial charge in [-0.05, 0) is 42.5 Å². The first kappa shape index (κ1) is 17.2. The van der Waals surface area contributed by atoms with Crippen molar-refractivity contribution in [2.24, 2.45) is 0 Å². The van der Waals surface area contributed by atoms with Crippen molar-refractivity contribution in [2.45, 2.75) is 6.18 Å². The average Bonchev–Trinajstić information content (AvgIpc) is 2.46. The van der Waals surface area contributed by atoms with Gasteiger partial charge in [0.05, 0.1) is 12.7 Å². The van der Waals surface area contributed by atoms with Gasteiger partial charge >= 0.3 is 13.7 Å². The van der Waals surface area contributed by atoms with Gasteiger partial charge in [-0.2, -0.15) is 13.2 Å². The molecule has 0 saturated heterocycles. The van der Waals surface area contributed by atoms with Crippen LogP contribution in [-0.2, 0) is 10.7 Å². The molecular weight excluding hydrogens is 330 g/mol. The maximum absolute atomic E-state index is 12.7. The molecular formula is C15H15F3NO3P. The number of methoxy groups -OCH3 is 1. The van der Waals surface area contributed by atoms with Crippen LogP contribution in [-0.4, -0.2) is 13.8 Å². The second kappa shape index (κ2) is 6.54. The van der Waals surface area contributed by atoms with Gasteiger partial charge in [-0.15, -0.1) is 0 Å². The van der Waals surface area contributed by atoms with Crippen LogP contribution >= 0.6 is 7.52 Å². The third-order valence-electron chi connectivity index (χ3n) is 2.86. The average molecular weight is 345 g/mol. The number of rotatable bonds is 5. The number of alkyl halides is 3. The Kier molecular flexibility index (Phi) is 4.90. The van der Waals surface area contributed by atoms with E-state index < -0.39 is 19.3 Å². The first-order chi connectivity index (χ1) is 10.7. The topological polar surface area (TPSA) is 47.6 Å². The molecule has 0 amide bonds. The van der Waals surface area contributed by atoms with Gasteiger partial charge in [0.1, 0.15) is 11.5 Å². The second-order valence-corrected chi connectivity index (χ2v) is 6.90. The fourth-order valence-corrected chi connectivity index (χ4v) is 3.04. The normalized spacial score (nSPS) is 14.0. The summed E-state index contributed by atoms with van der Waals surface area (Å²) < 4.78 is 60.8. The third kappa shape index (κ3) is 4.93. The van der Waals surface area contributed by atoms with Gasteiger partial charge < -0.3 is 14.3 Å². The van der Waals surface area contributed by atoms with E-state index in [1.165, 1.54) is 25.9 Å². The molecule has 8 heteroatoms. The maximum Gasteiger partial charge on any atom is 0.416 e. The highest BCUT2D eigenvalue weighted by Crippen LogP contribution is 2.44. The van der Waals surface area contributed by atoms with E-state index >= 15 is 0 Å². The highest BCUT2D eigenvalue weighted by Gasteiger charge is 2.31. The summed E-state index contributed by atoms with van der Waals surface area (Å²) in [6.45, 7) is 1.29. The third-order valence-corrected chi connectivity index (χ3v) is 4.08. The molecule has 4 nitrogen and oxygen atoms in total. The van der Waals surface area contributed by atoms with Crippen molar-refractivity contribution < 1.29 is 27.0 Å². The highest BCUT2D eigenvalue weighted by molar-refractivity contribution is 7.60. The molecule has 2 rings (SSSR count). The summed E-state index contributed by atoms with van der Waals surface area (Å²) in [6, 6.07) is 10.8. The Hall–Kier alpha value is -2.14. The van der Waals surface area contributed by atoms with Crippen molar-refractivity contribution in [3.05, 3.63) is 54.1 Å². The summed E-state index contributed by atoms with van der Waals surface area (Å²) in [7, 11) is -1.88. The summed E-state index contributed by atoms with van der Waals surface area (Å²) in [5.74, 6) is 0.922. The molecule has 0 aliphatic heterocycles. The van der Waals surface area contributed by atoms with Crippen LogP contribution in [0.3, 0.4) is 0 Å². The number of benzene rings is 2.